The molecule has 0 unspecified atom stereocenters. The van der Waals surface area contributed by atoms with Crippen LogP contribution in [0.4, 0.5) is 46.4 Å². The fraction of sp³-hybridized carbons (Fsp3) is 0.391. The molecule has 0 aromatic heterocycles. The molecule has 0 saturated carbocycles. The molecular formula is C23H30F3N7O2. The van der Waals surface area contributed by atoms with Crippen LogP contribution in [0.1, 0.15) is 24.8 Å². The van der Waals surface area contributed by atoms with E-state index in [1.807, 2.05) is 4.90 Å². The number of carbonyl (C=O) groups excluding carboxylic acids is 2. The summed E-state index contributed by atoms with van der Waals surface area (Å²) in [6, 6.07) is 7.38. The lowest BCUT2D eigenvalue weighted by Gasteiger charge is -2.33. The number of carbonyl (C=O) groups is 2. The third-order valence-electron chi connectivity index (χ3n) is 5.42. The Kier molecular flexibility index (Phi) is 8.77. The molecule has 2 aromatic carbocycles. The van der Waals surface area contributed by atoms with Crippen molar-refractivity contribution in [3.63, 3.8) is 0 Å². The molecule has 35 heavy (non-hydrogen) atoms. The molecule has 1 fully saturated rings. The fourth-order valence-electron chi connectivity index (χ4n) is 3.71. The highest BCUT2D eigenvalue weighted by Gasteiger charge is 2.34. The van der Waals surface area contributed by atoms with E-state index >= 15 is 0 Å². The molecular weight excluding hydrogens is 463 g/mol. The van der Waals surface area contributed by atoms with Gasteiger partial charge in [0.1, 0.15) is 0 Å². The van der Waals surface area contributed by atoms with Crippen LogP contribution in [0.5, 0.6) is 0 Å². The largest absolute Gasteiger partial charge is 0.416 e. The lowest BCUT2D eigenvalue weighted by molar-refractivity contribution is -0.137. The molecule has 0 atom stereocenters. The van der Waals surface area contributed by atoms with E-state index in [2.05, 4.69) is 21.3 Å². The zero-order chi connectivity index (χ0) is 25.4. The highest BCUT2D eigenvalue weighted by molar-refractivity contribution is 6.05. The second kappa shape index (κ2) is 11.8. The van der Waals surface area contributed by atoms with E-state index in [1.165, 1.54) is 0 Å². The fourth-order valence-corrected chi connectivity index (χ4v) is 3.71. The number of nitrogens with one attached hydrogen (secondary N) is 4. The van der Waals surface area contributed by atoms with Gasteiger partial charge in [-0.3, -0.25) is 4.79 Å². The minimum absolute atomic E-state index is 0.0118. The third kappa shape index (κ3) is 7.49. The molecule has 190 valence electrons. The molecule has 12 heteroatoms. The summed E-state index contributed by atoms with van der Waals surface area (Å²) in [5.74, 6) is -0.425. The Labute approximate surface area is 201 Å². The van der Waals surface area contributed by atoms with E-state index in [-0.39, 0.29) is 17.8 Å². The summed E-state index contributed by atoms with van der Waals surface area (Å²) in [6.45, 7) is 2.58. The van der Waals surface area contributed by atoms with E-state index in [4.69, 9.17) is 11.5 Å². The van der Waals surface area contributed by atoms with Crippen LogP contribution in [0.2, 0.25) is 0 Å². The van der Waals surface area contributed by atoms with Crippen molar-refractivity contribution in [1.29, 1.82) is 0 Å². The smallest absolute Gasteiger partial charge is 0.399 e. The number of unbranched alkanes of at least 4 members (excludes halogenated alkanes) is 1. The Hall–Kier alpha value is -3.51. The molecule has 8 N–H and O–H groups in total. The molecule has 1 saturated heterocycles. The number of urea groups is 1. The maximum absolute atomic E-state index is 13.7. The van der Waals surface area contributed by atoms with Gasteiger partial charge in [-0.2, -0.15) is 13.2 Å². The van der Waals surface area contributed by atoms with Gasteiger partial charge in [-0.15, -0.1) is 0 Å². The second-order valence-electron chi connectivity index (χ2n) is 8.15. The van der Waals surface area contributed by atoms with Crippen LogP contribution in [0, 0.1) is 0 Å². The Balaban J connectivity index is 1.97. The summed E-state index contributed by atoms with van der Waals surface area (Å²) < 4.78 is 41.2. The number of piperazine rings is 1. The Bertz CT molecular complexity index is 1020. The normalized spacial score (nSPS) is 13.9. The summed E-state index contributed by atoms with van der Waals surface area (Å²) in [5, 5.41) is 10.9. The van der Waals surface area contributed by atoms with Crippen LogP contribution in [0.25, 0.3) is 0 Å². The summed E-state index contributed by atoms with van der Waals surface area (Å²) >= 11 is 0. The lowest BCUT2D eigenvalue weighted by Crippen LogP contribution is -2.44. The Morgan fingerprint density at radius 1 is 0.971 bits per heavy atom. The van der Waals surface area contributed by atoms with Crippen molar-refractivity contribution in [2.75, 3.05) is 59.3 Å². The average molecular weight is 494 g/mol. The van der Waals surface area contributed by atoms with E-state index in [9.17, 15) is 22.8 Å². The molecule has 2 aromatic rings. The molecule has 0 aliphatic carbocycles. The molecule has 0 radical (unpaired) electrons. The first-order valence-electron chi connectivity index (χ1n) is 11.3. The summed E-state index contributed by atoms with van der Waals surface area (Å²) in [7, 11) is 0. The van der Waals surface area contributed by atoms with Gasteiger partial charge in [0.15, 0.2) is 0 Å². The lowest BCUT2D eigenvalue weighted by atomic mass is 10.1. The number of benzene rings is 2. The molecule has 1 heterocycles. The van der Waals surface area contributed by atoms with Gasteiger partial charge in [-0.1, -0.05) is 0 Å². The summed E-state index contributed by atoms with van der Waals surface area (Å²) in [6.07, 6.45) is -3.43. The summed E-state index contributed by atoms with van der Waals surface area (Å²) in [4.78, 5) is 27.1. The first-order chi connectivity index (χ1) is 16.7. The highest BCUT2D eigenvalue weighted by atomic mass is 19.4. The van der Waals surface area contributed by atoms with Crippen LogP contribution < -0.4 is 37.6 Å². The molecule has 9 nitrogen and oxygen atoms in total. The number of anilines is 5. The van der Waals surface area contributed by atoms with Crippen molar-refractivity contribution in [2.24, 2.45) is 5.73 Å². The number of hydrogen-bond donors (Lipinski definition) is 6. The number of nitrogens with two attached hydrogens (primary N) is 2. The first-order valence-corrected chi connectivity index (χ1v) is 11.3. The Morgan fingerprint density at radius 2 is 1.60 bits per heavy atom. The standard InChI is InChI=1S/C23H30F3N7O2/c24-23(25,26)15-13-18(31-20(34)3-1-2-8-27)21(33-11-9-29-10-12-33)19(14-15)32-22(35)30-17-6-4-16(28)5-7-17/h4-7,13-14,29H,1-3,8-12,27-28H2,(H,31,34)(H2,30,32,35). The van der Waals surface area contributed by atoms with Crippen LogP contribution in [0.15, 0.2) is 36.4 Å². The van der Waals surface area contributed by atoms with E-state index in [0.29, 0.717) is 62.6 Å². The first kappa shape index (κ1) is 26.1. The van der Waals surface area contributed by atoms with Crippen LogP contribution in [0.3, 0.4) is 0 Å². The van der Waals surface area contributed by atoms with Gasteiger partial charge in [0.2, 0.25) is 5.91 Å². The number of amides is 3. The van der Waals surface area contributed by atoms with Gasteiger partial charge in [-0.25, -0.2) is 4.79 Å². The Morgan fingerprint density at radius 3 is 2.20 bits per heavy atom. The number of nitrogens with zero attached hydrogens (tertiary/aromatic N) is 1. The molecule has 0 spiro atoms. The second-order valence-corrected chi connectivity index (χ2v) is 8.15. The predicted octanol–water partition coefficient (Wildman–Crippen LogP) is 3.41. The molecule has 1 aliphatic rings. The monoisotopic (exact) mass is 493 g/mol. The quantitative estimate of drug-likeness (QED) is 0.246. The average Bonchev–Trinajstić information content (AvgIpc) is 2.80. The van der Waals surface area contributed by atoms with Crippen LogP contribution in [-0.2, 0) is 11.0 Å². The SMILES string of the molecule is NCCCCC(=O)Nc1cc(C(F)(F)F)cc(NC(=O)Nc2ccc(N)cc2)c1N1CCNCC1. The minimum atomic E-state index is -4.69. The maximum atomic E-state index is 13.7. The topological polar surface area (TPSA) is 138 Å². The van der Waals surface area contributed by atoms with E-state index in [0.717, 1.165) is 12.1 Å². The zero-order valence-electron chi connectivity index (χ0n) is 19.2. The van der Waals surface area contributed by atoms with Crippen molar-refractivity contribution >= 4 is 40.4 Å². The number of halogens is 3. The number of alkyl halides is 3. The van der Waals surface area contributed by atoms with Crippen molar-refractivity contribution in [3.05, 3.63) is 42.0 Å². The zero-order valence-corrected chi connectivity index (χ0v) is 19.2. The highest BCUT2D eigenvalue weighted by Crippen LogP contribution is 2.41. The van der Waals surface area contributed by atoms with Gasteiger partial charge in [0, 0.05) is 44.0 Å². The molecule has 3 rings (SSSR count). The minimum Gasteiger partial charge on any atom is -0.399 e. The van der Waals surface area contributed by atoms with Gasteiger partial charge in [0.25, 0.3) is 0 Å². The molecule has 1 aliphatic heterocycles. The van der Waals surface area contributed by atoms with E-state index < -0.39 is 23.7 Å². The molecule has 3 amide bonds. The predicted molar refractivity (Wildman–Crippen MR) is 132 cm³/mol. The van der Waals surface area contributed by atoms with Crippen LogP contribution in [-0.4, -0.2) is 44.7 Å². The van der Waals surface area contributed by atoms with Crippen molar-refractivity contribution in [3.8, 4) is 0 Å². The number of rotatable bonds is 8. The van der Waals surface area contributed by atoms with Crippen molar-refractivity contribution < 1.29 is 22.8 Å². The van der Waals surface area contributed by atoms with Crippen LogP contribution >= 0.6 is 0 Å². The van der Waals surface area contributed by atoms with Gasteiger partial charge in [-0.05, 0) is 55.8 Å². The summed E-state index contributed by atoms with van der Waals surface area (Å²) in [5.41, 5.74) is 11.3. The van der Waals surface area contributed by atoms with Gasteiger partial charge >= 0.3 is 12.2 Å². The van der Waals surface area contributed by atoms with Gasteiger partial charge in [0.05, 0.1) is 22.6 Å². The third-order valence-corrected chi connectivity index (χ3v) is 5.42. The van der Waals surface area contributed by atoms with E-state index in [1.54, 1.807) is 24.3 Å². The van der Waals surface area contributed by atoms with Gasteiger partial charge < -0.3 is 37.6 Å². The van der Waals surface area contributed by atoms with Crippen molar-refractivity contribution in [1.82, 2.24) is 5.32 Å². The molecule has 0 bridgehead atoms. The van der Waals surface area contributed by atoms with Crippen molar-refractivity contribution in [2.45, 2.75) is 25.4 Å². The maximum Gasteiger partial charge on any atom is 0.416 e. The number of hydrogen-bond acceptors (Lipinski definition) is 6. The number of nitrogen functional groups attached to an aromatic ring is 1.